The average Bonchev–Trinajstić information content (AvgIpc) is 2.24. The zero-order valence-corrected chi connectivity index (χ0v) is 10.4. The molecule has 2 aromatic rings. The van der Waals surface area contributed by atoms with E-state index < -0.39 is 21.4 Å². The van der Waals surface area contributed by atoms with Crippen LogP contribution in [0, 0.1) is 6.92 Å². The van der Waals surface area contributed by atoms with E-state index in [0.717, 1.165) is 10.6 Å². The SMILES string of the molecule is Cc1cc2[nH]c(=O)n(C)c(=O)c2cc1S(=O)(=O)O. The van der Waals surface area contributed by atoms with E-state index >= 15 is 0 Å². The van der Waals surface area contributed by atoms with Crippen LogP contribution < -0.4 is 11.2 Å². The van der Waals surface area contributed by atoms with Crippen LogP contribution in [0.15, 0.2) is 26.6 Å². The molecule has 1 heterocycles. The standard InChI is InChI=1S/C10H10N2O5S/c1-5-3-7-6(4-8(5)18(15,16)17)9(13)12(2)10(14)11-7/h3-4H,1-2H3,(H,11,14)(H,15,16,17). The van der Waals surface area contributed by atoms with Gasteiger partial charge in [-0.25, -0.2) is 4.79 Å². The molecule has 0 aliphatic heterocycles. The highest BCUT2D eigenvalue weighted by molar-refractivity contribution is 7.85. The third-order valence-electron chi connectivity index (χ3n) is 2.67. The number of fused-ring (bicyclic) bond motifs is 1. The molecule has 1 aromatic carbocycles. The lowest BCUT2D eigenvalue weighted by Gasteiger charge is -2.06. The van der Waals surface area contributed by atoms with E-state index in [9.17, 15) is 18.0 Å². The van der Waals surface area contributed by atoms with Crippen LogP contribution in [0.25, 0.3) is 10.9 Å². The molecule has 96 valence electrons. The van der Waals surface area contributed by atoms with Crippen LogP contribution in [-0.4, -0.2) is 22.5 Å². The van der Waals surface area contributed by atoms with Crippen molar-refractivity contribution >= 4 is 21.0 Å². The summed E-state index contributed by atoms with van der Waals surface area (Å²) in [5.74, 6) is 0. The summed E-state index contributed by atoms with van der Waals surface area (Å²) < 4.78 is 32.1. The number of aromatic amines is 1. The minimum Gasteiger partial charge on any atom is -0.307 e. The highest BCUT2D eigenvalue weighted by atomic mass is 32.2. The molecule has 0 aliphatic carbocycles. The van der Waals surface area contributed by atoms with Crippen LogP contribution in [0.5, 0.6) is 0 Å². The Morgan fingerprint density at radius 1 is 1.28 bits per heavy atom. The van der Waals surface area contributed by atoms with Gasteiger partial charge in [0.15, 0.2) is 0 Å². The second-order valence-electron chi connectivity index (χ2n) is 3.93. The van der Waals surface area contributed by atoms with Crippen molar-refractivity contribution in [3.63, 3.8) is 0 Å². The topological polar surface area (TPSA) is 109 Å². The van der Waals surface area contributed by atoms with Gasteiger partial charge in [0.25, 0.3) is 15.7 Å². The summed E-state index contributed by atoms with van der Waals surface area (Å²) in [6.07, 6.45) is 0. The Hall–Kier alpha value is -1.93. The summed E-state index contributed by atoms with van der Waals surface area (Å²) in [6, 6.07) is 2.39. The molecule has 0 radical (unpaired) electrons. The lowest BCUT2D eigenvalue weighted by atomic mass is 10.2. The molecule has 0 saturated carbocycles. The maximum Gasteiger partial charge on any atom is 0.328 e. The minimum atomic E-state index is -4.40. The molecule has 1 aromatic heterocycles. The molecule has 2 N–H and O–H groups in total. The Morgan fingerprint density at radius 2 is 1.89 bits per heavy atom. The molecule has 0 aliphatic rings. The van der Waals surface area contributed by atoms with Crippen LogP contribution in [0.3, 0.4) is 0 Å². The van der Waals surface area contributed by atoms with Crippen molar-refractivity contribution in [1.29, 1.82) is 0 Å². The van der Waals surface area contributed by atoms with E-state index in [2.05, 4.69) is 4.98 Å². The van der Waals surface area contributed by atoms with Crippen molar-refractivity contribution in [2.45, 2.75) is 11.8 Å². The Balaban J connectivity index is 3.05. The van der Waals surface area contributed by atoms with E-state index in [4.69, 9.17) is 4.55 Å². The van der Waals surface area contributed by atoms with Crippen molar-refractivity contribution in [3.8, 4) is 0 Å². The van der Waals surface area contributed by atoms with E-state index in [1.54, 1.807) is 0 Å². The largest absolute Gasteiger partial charge is 0.328 e. The Labute approximate surface area is 101 Å². The van der Waals surface area contributed by atoms with E-state index in [1.165, 1.54) is 20.0 Å². The van der Waals surface area contributed by atoms with Gasteiger partial charge in [-0.2, -0.15) is 8.42 Å². The van der Waals surface area contributed by atoms with Gasteiger partial charge >= 0.3 is 5.69 Å². The summed E-state index contributed by atoms with van der Waals surface area (Å²) >= 11 is 0. The van der Waals surface area contributed by atoms with Crippen molar-refractivity contribution in [1.82, 2.24) is 9.55 Å². The highest BCUT2D eigenvalue weighted by Gasteiger charge is 2.16. The second-order valence-corrected chi connectivity index (χ2v) is 5.32. The minimum absolute atomic E-state index is 0.0234. The van der Waals surface area contributed by atoms with Crippen molar-refractivity contribution < 1.29 is 13.0 Å². The first kappa shape index (κ1) is 12.5. The zero-order chi connectivity index (χ0) is 13.7. The molecular weight excluding hydrogens is 260 g/mol. The smallest absolute Gasteiger partial charge is 0.307 e. The van der Waals surface area contributed by atoms with Crippen LogP contribution >= 0.6 is 0 Å². The van der Waals surface area contributed by atoms with Gasteiger partial charge in [-0.3, -0.25) is 13.9 Å². The van der Waals surface area contributed by atoms with Crippen LogP contribution in [0.2, 0.25) is 0 Å². The number of aryl methyl sites for hydroxylation is 1. The van der Waals surface area contributed by atoms with Gasteiger partial charge in [0, 0.05) is 7.05 Å². The molecular formula is C10H10N2O5S. The van der Waals surface area contributed by atoms with Crippen molar-refractivity contribution in [2.24, 2.45) is 7.05 Å². The van der Waals surface area contributed by atoms with E-state index in [1.807, 2.05) is 0 Å². The predicted molar refractivity (Wildman–Crippen MR) is 64.4 cm³/mol. The molecule has 0 spiro atoms. The van der Waals surface area contributed by atoms with Gasteiger partial charge in [-0.15, -0.1) is 0 Å². The lowest BCUT2D eigenvalue weighted by molar-refractivity contribution is 0.482. The predicted octanol–water partition coefficient (Wildman–Crippen LogP) is -0.218. The fourth-order valence-corrected chi connectivity index (χ4v) is 2.45. The number of benzene rings is 1. The molecule has 0 bridgehead atoms. The number of rotatable bonds is 1. The van der Waals surface area contributed by atoms with E-state index in [-0.39, 0.29) is 21.4 Å². The summed E-state index contributed by atoms with van der Waals surface area (Å²) in [6.45, 7) is 1.46. The van der Waals surface area contributed by atoms with E-state index in [0.29, 0.717) is 0 Å². The summed E-state index contributed by atoms with van der Waals surface area (Å²) in [7, 11) is -3.13. The molecule has 2 rings (SSSR count). The monoisotopic (exact) mass is 270 g/mol. The first-order valence-electron chi connectivity index (χ1n) is 4.93. The van der Waals surface area contributed by atoms with Gasteiger partial charge in [0.05, 0.1) is 15.8 Å². The van der Waals surface area contributed by atoms with Crippen LogP contribution in [0.1, 0.15) is 5.56 Å². The first-order chi connectivity index (χ1) is 8.21. The number of aromatic nitrogens is 2. The van der Waals surface area contributed by atoms with Crippen molar-refractivity contribution in [3.05, 3.63) is 38.5 Å². The molecule has 7 nitrogen and oxygen atoms in total. The normalized spacial score (nSPS) is 11.9. The Morgan fingerprint density at radius 3 is 2.44 bits per heavy atom. The number of hydrogen-bond acceptors (Lipinski definition) is 4. The molecule has 8 heteroatoms. The maximum atomic E-state index is 11.8. The average molecular weight is 270 g/mol. The lowest BCUT2D eigenvalue weighted by Crippen LogP contribution is -2.32. The summed E-state index contributed by atoms with van der Waals surface area (Å²) in [5, 5.41) is 0.0234. The molecule has 0 atom stereocenters. The Bertz CT molecular complexity index is 860. The van der Waals surface area contributed by atoms with Gasteiger partial charge in [0.1, 0.15) is 0 Å². The molecule has 18 heavy (non-hydrogen) atoms. The fraction of sp³-hybridized carbons (Fsp3) is 0.200. The third kappa shape index (κ3) is 1.85. The number of hydrogen-bond donors (Lipinski definition) is 2. The molecule has 0 unspecified atom stereocenters. The fourth-order valence-electron chi connectivity index (χ4n) is 1.72. The maximum absolute atomic E-state index is 11.8. The molecule has 0 saturated heterocycles. The molecule has 0 amide bonds. The van der Waals surface area contributed by atoms with Gasteiger partial charge in [0.2, 0.25) is 0 Å². The van der Waals surface area contributed by atoms with Gasteiger partial charge in [-0.1, -0.05) is 0 Å². The number of H-pyrrole nitrogens is 1. The quantitative estimate of drug-likeness (QED) is 0.696. The van der Waals surface area contributed by atoms with Crippen LogP contribution in [-0.2, 0) is 17.2 Å². The molecule has 0 fully saturated rings. The summed E-state index contributed by atoms with van der Waals surface area (Å²) in [4.78, 5) is 25.3. The third-order valence-corrected chi connectivity index (χ3v) is 3.67. The zero-order valence-electron chi connectivity index (χ0n) is 9.59. The number of nitrogens with zero attached hydrogens (tertiary/aromatic N) is 1. The Kier molecular flexibility index (Phi) is 2.63. The van der Waals surface area contributed by atoms with Gasteiger partial charge in [-0.05, 0) is 24.6 Å². The summed E-state index contributed by atoms with van der Waals surface area (Å²) in [5.41, 5.74) is -0.743. The van der Waals surface area contributed by atoms with Crippen LogP contribution in [0.4, 0.5) is 0 Å². The first-order valence-corrected chi connectivity index (χ1v) is 6.37. The van der Waals surface area contributed by atoms with Crippen molar-refractivity contribution in [2.75, 3.05) is 0 Å². The highest BCUT2D eigenvalue weighted by Crippen LogP contribution is 2.19. The number of nitrogens with one attached hydrogen (secondary N) is 1. The second kappa shape index (κ2) is 3.79. The van der Waals surface area contributed by atoms with Gasteiger partial charge < -0.3 is 4.98 Å².